The molecule has 0 bridgehead atoms. The molecule has 6 heteroatoms. The molecule has 1 rings (SSSR count). The Bertz CT molecular complexity index is 420. The fraction of sp³-hybridized carbons (Fsp3) is 0.538. The molecular formula is C13H18ClNO3S. The highest BCUT2D eigenvalue weighted by Crippen LogP contribution is 2.20. The molecule has 0 saturated heterocycles. The summed E-state index contributed by atoms with van der Waals surface area (Å²) in [5.74, 6) is -0.735. The lowest BCUT2D eigenvalue weighted by Crippen LogP contribution is -2.24. The zero-order valence-electron chi connectivity index (χ0n) is 10.7. The van der Waals surface area contributed by atoms with Crippen molar-refractivity contribution in [3.8, 4) is 0 Å². The highest BCUT2D eigenvalue weighted by atomic mass is 35.5. The molecule has 0 aliphatic heterocycles. The lowest BCUT2D eigenvalue weighted by Gasteiger charge is -2.04. The zero-order valence-corrected chi connectivity index (χ0v) is 12.2. The molecule has 4 nitrogen and oxygen atoms in total. The maximum atomic E-state index is 11.5. The normalized spacial score (nSPS) is 10.4. The van der Waals surface area contributed by atoms with Gasteiger partial charge in [0.05, 0.1) is 5.02 Å². The second-order valence-corrected chi connectivity index (χ2v) is 5.72. The van der Waals surface area contributed by atoms with Gasteiger partial charge in [0.25, 0.3) is 0 Å². The van der Waals surface area contributed by atoms with Crippen molar-refractivity contribution in [2.75, 3.05) is 6.54 Å². The number of halogens is 1. The minimum atomic E-state index is -0.765. The van der Waals surface area contributed by atoms with Gasteiger partial charge in [-0.15, -0.1) is 11.3 Å². The SMILES string of the molecule is O=C(O)CCCCCNC(=O)CCc1cc(Cl)cs1. The number of nitrogens with one attached hydrogen (secondary N) is 1. The van der Waals surface area contributed by atoms with Gasteiger partial charge in [0.15, 0.2) is 0 Å². The maximum Gasteiger partial charge on any atom is 0.303 e. The highest BCUT2D eigenvalue weighted by molar-refractivity contribution is 7.10. The molecule has 0 unspecified atom stereocenters. The number of carboxylic acids is 1. The van der Waals surface area contributed by atoms with Gasteiger partial charge in [0.1, 0.15) is 0 Å². The Morgan fingerprint density at radius 3 is 2.68 bits per heavy atom. The number of carboxylic acid groups (broad SMARTS) is 1. The van der Waals surface area contributed by atoms with Crippen molar-refractivity contribution in [1.82, 2.24) is 5.32 Å². The minimum absolute atomic E-state index is 0.0303. The number of carbonyl (C=O) groups excluding carboxylic acids is 1. The third kappa shape index (κ3) is 7.85. The molecule has 1 aromatic heterocycles. The van der Waals surface area contributed by atoms with Gasteiger partial charge in [-0.1, -0.05) is 18.0 Å². The van der Waals surface area contributed by atoms with Crippen LogP contribution in [0, 0.1) is 0 Å². The van der Waals surface area contributed by atoms with E-state index < -0.39 is 5.97 Å². The van der Waals surface area contributed by atoms with Gasteiger partial charge in [-0.3, -0.25) is 9.59 Å². The monoisotopic (exact) mass is 303 g/mol. The molecule has 0 atom stereocenters. The summed E-state index contributed by atoms with van der Waals surface area (Å²) >= 11 is 7.36. The Kier molecular flexibility index (Phi) is 7.52. The van der Waals surface area contributed by atoms with Gasteiger partial charge in [-0.05, 0) is 25.3 Å². The van der Waals surface area contributed by atoms with Crippen LogP contribution in [-0.2, 0) is 16.0 Å². The second kappa shape index (κ2) is 8.93. The number of unbranched alkanes of at least 4 members (excludes halogenated alkanes) is 2. The summed E-state index contributed by atoms with van der Waals surface area (Å²) in [4.78, 5) is 22.9. The Labute approximate surface area is 121 Å². The second-order valence-electron chi connectivity index (χ2n) is 4.29. The van der Waals surface area contributed by atoms with E-state index in [-0.39, 0.29) is 12.3 Å². The van der Waals surface area contributed by atoms with Crippen LogP contribution in [0.5, 0.6) is 0 Å². The van der Waals surface area contributed by atoms with Crippen molar-refractivity contribution in [2.24, 2.45) is 0 Å². The summed E-state index contributed by atoms with van der Waals surface area (Å²) in [6, 6.07) is 1.88. The number of aliphatic carboxylic acids is 1. The lowest BCUT2D eigenvalue weighted by atomic mass is 10.2. The third-order valence-corrected chi connectivity index (χ3v) is 3.95. The Balaban J connectivity index is 2.00. The van der Waals surface area contributed by atoms with E-state index in [2.05, 4.69) is 5.32 Å². The molecule has 1 amide bonds. The number of thiophene rings is 1. The van der Waals surface area contributed by atoms with Crippen LogP contribution in [-0.4, -0.2) is 23.5 Å². The van der Waals surface area contributed by atoms with E-state index in [1.807, 2.05) is 11.4 Å². The van der Waals surface area contributed by atoms with Crippen LogP contribution in [0.25, 0.3) is 0 Å². The molecule has 106 valence electrons. The van der Waals surface area contributed by atoms with E-state index in [1.54, 1.807) is 11.3 Å². The minimum Gasteiger partial charge on any atom is -0.481 e. The van der Waals surface area contributed by atoms with Gasteiger partial charge < -0.3 is 10.4 Å². The average molecular weight is 304 g/mol. The number of carbonyl (C=O) groups is 2. The quantitative estimate of drug-likeness (QED) is 0.689. The van der Waals surface area contributed by atoms with Crippen molar-refractivity contribution < 1.29 is 14.7 Å². The summed E-state index contributed by atoms with van der Waals surface area (Å²) in [7, 11) is 0. The molecule has 0 saturated carbocycles. The molecule has 0 aromatic carbocycles. The predicted octanol–water partition coefficient (Wildman–Crippen LogP) is 3.10. The Hall–Kier alpha value is -1.07. The van der Waals surface area contributed by atoms with Crippen LogP contribution < -0.4 is 5.32 Å². The van der Waals surface area contributed by atoms with Crippen molar-refractivity contribution in [1.29, 1.82) is 0 Å². The first-order valence-electron chi connectivity index (χ1n) is 6.29. The molecular weight excluding hydrogens is 286 g/mol. The molecule has 19 heavy (non-hydrogen) atoms. The fourth-order valence-corrected chi connectivity index (χ4v) is 2.69. The van der Waals surface area contributed by atoms with E-state index in [1.165, 1.54) is 0 Å². The number of hydrogen-bond acceptors (Lipinski definition) is 3. The van der Waals surface area contributed by atoms with Gasteiger partial charge in [-0.25, -0.2) is 0 Å². The van der Waals surface area contributed by atoms with Crippen LogP contribution in [0.4, 0.5) is 0 Å². The van der Waals surface area contributed by atoms with Gasteiger partial charge in [0.2, 0.25) is 5.91 Å². The molecule has 0 fully saturated rings. The van der Waals surface area contributed by atoms with Crippen LogP contribution in [0.3, 0.4) is 0 Å². The molecule has 0 aliphatic carbocycles. The summed E-state index contributed by atoms with van der Waals surface area (Å²) in [6.45, 7) is 0.615. The first kappa shape index (κ1) is 16.0. The van der Waals surface area contributed by atoms with E-state index in [4.69, 9.17) is 16.7 Å². The Morgan fingerprint density at radius 2 is 2.05 bits per heavy atom. The van der Waals surface area contributed by atoms with Crippen molar-refractivity contribution in [3.05, 3.63) is 21.3 Å². The van der Waals surface area contributed by atoms with Crippen molar-refractivity contribution >= 4 is 34.8 Å². The predicted molar refractivity (Wildman–Crippen MR) is 76.8 cm³/mol. The summed E-state index contributed by atoms with van der Waals surface area (Å²) in [6.07, 6.45) is 3.69. The maximum absolute atomic E-state index is 11.5. The van der Waals surface area contributed by atoms with Crippen LogP contribution in [0.2, 0.25) is 5.02 Å². The average Bonchev–Trinajstić information content (AvgIpc) is 2.76. The van der Waals surface area contributed by atoms with Crippen LogP contribution in [0.1, 0.15) is 37.0 Å². The number of rotatable bonds is 9. The molecule has 1 heterocycles. The standard InChI is InChI=1S/C13H18ClNO3S/c14-10-8-11(19-9-10)5-6-12(16)15-7-3-1-2-4-13(17)18/h8-9H,1-7H2,(H,15,16)(H,17,18). The number of amides is 1. The van der Waals surface area contributed by atoms with E-state index >= 15 is 0 Å². The van der Waals surface area contributed by atoms with Gasteiger partial charge in [0, 0.05) is 29.6 Å². The smallest absolute Gasteiger partial charge is 0.303 e. The van der Waals surface area contributed by atoms with Crippen molar-refractivity contribution in [2.45, 2.75) is 38.5 Å². The summed E-state index contributed by atoms with van der Waals surface area (Å²) in [5.41, 5.74) is 0. The van der Waals surface area contributed by atoms with E-state index in [0.717, 1.165) is 22.7 Å². The summed E-state index contributed by atoms with van der Waals surface area (Å²) < 4.78 is 0. The molecule has 0 spiro atoms. The first-order chi connectivity index (χ1) is 9.08. The van der Waals surface area contributed by atoms with Crippen LogP contribution in [0.15, 0.2) is 11.4 Å². The van der Waals surface area contributed by atoms with Gasteiger partial charge in [-0.2, -0.15) is 0 Å². The summed E-state index contributed by atoms with van der Waals surface area (Å²) in [5, 5.41) is 13.9. The fourth-order valence-electron chi connectivity index (χ4n) is 1.62. The molecule has 0 radical (unpaired) electrons. The zero-order chi connectivity index (χ0) is 14.1. The first-order valence-corrected chi connectivity index (χ1v) is 7.55. The lowest BCUT2D eigenvalue weighted by molar-refractivity contribution is -0.137. The topological polar surface area (TPSA) is 66.4 Å². The highest BCUT2D eigenvalue weighted by Gasteiger charge is 2.04. The molecule has 1 aromatic rings. The van der Waals surface area contributed by atoms with E-state index in [9.17, 15) is 9.59 Å². The third-order valence-electron chi connectivity index (χ3n) is 2.61. The van der Waals surface area contributed by atoms with E-state index in [0.29, 0.717) is 25.8 Å². The number of aryl methyl sites for hydroxylation is 1. The number of hydrogen-bond donors (Lipinski definition) is 2. The molecule has 0 aliphatic rings. The van der Waals surface area contributed by atoms with Crippen molar-refractivity contribution in [3.63, 3.8) is 0 Å². The van der Waals surface area contributed by atoms with Crippen LogP contribution >= 0.6 is 22.9 Å². The Morgan fingerprint density at radius 1 is 1.26 bits per heavy atom. The largest absolute Gasteiger partial charge is 0.481 e. The molecule has 2 N–H and O–H groups in total. The van der Waals surface area contributed by atoms with Gasteiger partial charge >= 0.3 is 5.97 Å².